The molecule has 88 valence electrons. The van der Waals surface area contributed by atoms with Crippen molar-refractivity contribution >= 4 is 5.97 Å². The molecule has 0 saturated heterocycles. The van der Waals surface area contributed by atoms with Crippen molar-refractivity contribution in [1.29, 1.82) is 0 Å². The molecule has 2 rings (SSSR count). The van der Waals surface area contributed by atoms with Crippen molar-refractivity contribution in [3.05, 3.63) is 18.2 Å². The van der Waals surface area contributed by atoms with Crippen LogP contribution in [0.5, 0.6) is 0 Å². The first-order valence-electron chi connectivity index (χ1n) is 5.89. The summed E-state index contributed by atoms with van der Waals surface area (Å²) in [7, 11) is 0. The lowest BCUT2D eigenvalue weighted by atomic mass is 9.87. The van der Waals surface area contributed by atoms with Gasteiger partial charge in [-0.25, -0.2) is 4.98 Å². The van der Waals surface area contributed by atoms with Crippen molar-refractivity contribution in [2.75, 3.05) is 0 Å². The SMILES string of the molecule is C[C@H]1CC[C@H](n2cnc(CC(=O)O)c2)CC1. The topological polar surface area (TPSA) is 55.1 Å². The Morgan fingerprint density at radius 1 is 1.50 bits per heavy atom. The van der Waals surface area contributed by atoms with Gasteiger partial charge in [-0.15, -0.1) is 0 Å². The van der Waals surface area contributed by atoms with Crippen molar-refractivity contribution in [1.82, 2.24) is 9.55 Å². The molecule has 16 heavy (non-hydrogen) atoms. The average molecular weight is 222 g/mol. The number of carboxylic acids is 1. The summed E-state index contributed by atoms with van der Waals surface area (Å²) in [4.78, 5) is 14.7. The van der Waals surface area contributed by atoms with Crippen LogP contribution in [-0.4, -0.2) is 20.6 Å². The summed E-state index contributed by atoms with van der Waals surface area (Å²) in [6, 6.07) is 0.520. The monoisotopic (exact) mass is 222 g/mol. The fraction of sp³-hybridized carbons (Fsp3) is 0.667. The van der Waals surface area contributed by atoms with Crippen LogP contribution in [0.2, 0.25) is 0 Å². The van der Waals surface area contributed by atoms with E-state index in [4.69, 9.17) is 5.11 Å². The van der Waals surface area contributed by atoms with Gasteiger partial charge in [-0.3, -0.25) is 4.79 Å². The molecular weight excluding hydrogens is 204 g/mol. The van der Waals surface area contributed by atoms with Gasteiger partial charge in [-0.05, 0) is 31.6 Å². The lowest BCUT2D eigenvalue weighted by Gasteiger charge is -2.26. The summed E-state index contributed by atoms with van der Waals surface area (Å²) in [5, 5.41) is 8.67. The molecule has 4 heteroatoms. The molecule has 0 aliphatic heterocycles. The Balaban J connectivity index is 1.99. The number of hydrogen-bond donors (Lipinski definition) is 1. The zero-order valence-corrected chi connectivity index (χ0v) is 9.59. The third-order valence-electron chi connectivity index (χ3n) is 3.39. The maximum atomic E-state index is 10.5. The number of aromatic nitrogens is 2. The van der Waals surface area contributed by atoms with Gasteiger partial charge in [-0.2, -0.15) is 0 Å². The fourth-order valence-corrected chi connectivity index (χ4v) is 2.37. The van der Waals surface area contributed by atoms with Gasteiger partial charge in [0.15, 0.2) is 0 Å². The van der Waals surface area contributed by atoms with Crippen LogP contribution in [0.1, 0.15) is 44.3 Å². The van der Waals surface area contributed by atoms with E-state index in [1.807, 2.05) is 6.20 Å². The van der Waals surface area contributed by atoms with Gasteiger partial charge in [0.05, 0.1) is 18.4 Å². The van der Waals surface area contributed by atoms with E-state index in [0.717, 1.165) is 5.92 Å². The van der Waals surface area contributed by atoms with E-state index in [9.17, 15) is 4.79 Å². The zero-order valence-electron chi connectivity index (χ0n) is 9.59. The van der Waals surface area contributed by atoms with Crippen LogP contribution < -0.4 is 0 Å². The minimum atomic E-state index is -0.817. The molecule has 0 bridgehead atoms. The lowest BCUT2D eigenvalue weighted by Crippen LogP contribution is -2.15. The van der Waals surface area contributed by atoms with Crippen molar-refractivity contribution < 1.29 is 9.90 Å². The van der Waals surface area contributed by atoms with Gasteiger partial charge in [0, 0.05) is 12.2 Å². The van der Waals surface area contributed by atoms with Crippen molar-refractivity contribution in [2.45, 2.75) is 45.1 Å². The summed E-state index contributed by atoms with van der Waals surface area (Å²) in [6.45, 7) is 2.29. The van der Waals surface area contributed by atoms with E-state index in [-0.39, 0.29) is 6.42 Å². The largest absolute Gasteiger partial charge is 0.481 e. The molecular formula is C12H18N2O2. The maximum Gasteiger partial charge on any atom is 0.309 e. The highest BCUT2D eigenvalue weighted by Crippen LogP contribution is 2.31. The third-order valence-corrected chi connectivity index (χ3v) is 3.39. The number of carboxylic acid groups (broad SMARTS) is 1. The minimum absolute atomic E-state index is 0.0239. The number of hydrogen-bond acceptors (Lipinski definition) is 2. The molecule has 1 fully saturated rings. The van der Waals surface area contributed by atoms with Gasteiger partial charge >= 0.3 is 5.97 Å². The van der Waals surface area contributed by atoms with Crippen LogP contribution >= 0.6 is 0 Å². The number of rotatable bonds is 3. The first-order valence-corrected chi connectivity index (χ1v) is 5.89. The van der Waals surface area contributed by atoms with Gasteiger partial charge in [-0.1, -0.05) is 6.92 Å². The molecule has 1 aromatic rings. The Hall–Kier alpha value is -1.32. The van der Waals surface area contributed by atoms with Gasteiger partial charge in [0.25, 0.3) is 0 Å². The molecule has 1 saturated carbocycles. The molecule has 0 aromatic carbocycles. The van der Waals surface area contributed by atoms with E-state index in [1.54, 1.807) is 6.33 Å². The Kier molecular flexibility index (Phi) is 3.27. The summed E-state index contributed by atoms with van der Waals surface area (Å²) < 4.78 is 2.09. The zero-order chi connectivity index (χ0) is 11.5. The molecule has 1 heterocycles. The summed E-state index contributed by atoms with van der Waals surface area (Å²) in [6.07, 6.45) is 8.58. The number of nitrogens with zero attached hydrogens (tertiary/aromatic N) is 2. The van der Waals surface area contributed by atoms with Crippen molar-refractivity contribution in [2.24, 2.45) is 5.92 Å². The smallest absolute Gasteiger partial charge is 0.309 e. The molecule has 0 atom stereocenters. The van der Waals surface area contributed by atoms with Crippen LogP contribution in [0.4, 0.5) is 0 Å². The Morgan fingerprint density at radius 2 is 2.19 bits per heavy atom. The standard InChI is InChI=1S/C12H18N2O2/c1-9-2-4-11(5-3-9)14-7-10(13-8-14)6-12(15)16/h7-9,11H,2-6H2,1H3,(H,15,16)/t9-,11-. The Labute approximate surface area is 95.3 Å². The van der Waals surface area contributed by atoms with E-state index in [1.165, 1.54) is 25.7 Å². The predicted molar refractivity (Wildman–Crippen MR) is 60.2 cm³/mol. The highest BCUT2D eigenvalue weighted by Gasteiger charge is 2.19. The molecule has 1 N–H and O–H groups in total. The second-order valence-corrected chi connectivity index (χ2v) is 4.80. The minimum Gasteiger partial charge on any atom is -0.481 e. The van der Waals surface area contributed by atoms with Crippen molar-refractivity contribution in [3.63, 3.8) is 0 Å². The van der Waals surface area contributed by atoms with Crippen LogP contribution in [0.3, 0.4) is 0 Å². The Bertz CT molecular complexity index is 365. The second-order valence-electron chi connectivity index (χ2n) is 4.80. The molecule has 0 spiro atoms. The normalized spacial score (nSPS) is 25.6. The predicted octanol–water partition coefficient (Wildman–Crippen LogP) is 2.26. The summed E-state index contributed by atoms with van der Waals surface area (Å²) >= 11 is 0. The van der Waals surface area contributed by atoms with Gasteiger partial charge in [0.1, 0.15) is 0 Å². The maximum absolute atomic E-state index is 10.5. The highest BCUT2D eigenvalue weighted by atomic mass is 16.4. The first kappa shape index (κ1) is 11.2. The lowest BCUT2D eigenvalue weighted by molar-refractivity contribution is -0.136. The van der Waals surface area contributed by atoms with E-state index in [0.29, 0.717) is 11.7 Å². The molecule has 0 unspecified atom stereocenters. The average Bonchev–Trinajstić information content (AvgIpc) is 2.66. The number of imidazole rings is 1. The van der Waals surface area contributed by atoms with Gasteiger partial charge < -0.3 is 9.67 Å². The Morgan fingerprint density at radius 3 is 2.81 bits per heavy atom. The highest BCUT2D eigenvalue weighted by molar-refractivity contribution is 5.69. The molecule has 0 amide bonds. The quantitative estimate of drug-likeness (QED) is 0.853. The molecule has 1 aliphatic rings. The van der Waals surface area contributed by atoms with Crippen LogP contribution in [0.25, 0.3) is 0 Å². The molecule has 1 aromatic heterocycles. The van der Waals surface area contributed by atoms with Crippen LogP contribution in [0, 0.1) is 5.92 Å². The number of aliphatic carboxylic acids is 1. The van der Waals surface area contributed by atoms with Crippen LogP contribution in [0.15, 0.2) is 12.5 Å². The molecule has 0 radical (unpaired) electrons. The summed E-state index contributed by atoms with van der Waals surface area (Å²) in [5.41, 5.74) is 0.658. The van der Waals surface area contributed by atoms with E-state index < -0.39 is 5.97 Å². The molecule has 1 aliphatic carbocycles. The molecule has 4 nitrogen and oxygen atoms in total. The van der Waals surface area contributed by atoms with Crippen LogP contribution in [-0.2, 0) is 11.2 Å². The fourth-order valence-electron chi connectivity index (χ4n) is 2.37. The third kappa shape index (κ3) is 2.62. The summed E-state index contributed by atoms with van der Waals surface area (Å²) in [5.74, 6) is 0.0146. The number of carbonyl (C=O) groups is 1. The second kappa shape index (κ2) is 4.68. The van der Waals surface area contributed by atoms with E-state index >= 15 is 0 Å². The van der Waals surface area contributed by atoms with Gasteiger partial charge in [0.2, 0.25) is 0 Å². The van der Waals surface area contributed by atoms with E-state index in [2.05, 4.69) is 16.5 Å². The van der Waals surface area contributed by atoms with Crippen molar-refractivity contribution in [3.8, 4) is 0 Å². The first-order chi connectivity index (χ1) is 7.65.